The maximum atomic E-state index is 13.1. The second-order valence-corrected chi connectivity index (χ2v) is 9.19. The molecular weight excluding hydrogens is 434 g/mol. The Labute approximate surface area is 198 Å². The molecule has 0 radical (unpaired) electrons. The molecule has 2 aromatic rings. The van der Waals surface area contributed by atoms with Gasteiger partial charge in [-0.2, -0.15) is 5.10 Å². The Morgan fingerprint density at radius 3 is 2.71 bits per heavy atom. The van der Waals surface area contributed by atoms with Crippen molar-refractivity contribution in [3.05, 3.63) is 46.1 Å². The number of aryl methyl sites for hydroxylation is 2. The molecule has 3 aliphatic rings. The minimum Gasteiger partial charge on any atom is -0.354 e. The van der Waals surface area contributed by atoms with E-state index in [1.165, 1.54) is 5.56 Å². The van der Waals surface area contributed by atoms with Gasteiger partial charge in [-0.1, -0.05) is 12.1 Å². The molecule has 1 aromatic carbocycles. The molecule has 1 atom stereocenters. The fourth-order valence-corrected chi connectivity index (χ4v) is 5.31. The lowest BCUT2D eigenvalue weighted by Crippen LogP contribution is -2.52. The predicted molar refractivity (Wildman–Crippen MR) is 126 cm³/mol. The molecule has 2 fully saturated rings. The Morgan fingerprint density at radius 1 is 1.15 bits per heavy atom. The number of benzene rings is 1. The van der Waals surface area contributed by atoms with Gasteiger partial charge in [0.25, 0.3) is 5.91 Å². The highest BCUT2D eigenvalue weighted by atomic mass is 16.2. The number of carbonyl (C=O) groups is 3. The zero-order valence-electron chi connectivity index (χ0n) is 19.7. The van der Waals surface area contributed by atoms with Crippen LogP contribution in [0.3, 0.4) is 0 Å². The van der Waals surface area contributed by atoms with Crippen molar-refractivity contribution in [1.82, 2.24) is 30.6 Å². The van der Waals surface area contributed by atoms with Crippen molar-refractivity contribution >= 4 is 23.5 Å². The zero-order chi connectivity index (χ0) is 23.8. The van der Waals surface area contributed by atoms with Crippen molar-refractivity contribution in [2.24, 2.45) is 7.05 Å². The van der Waals surface area contributed by atoms with Gasteiger partial charge in [-0.25, -0.2) is 0 Å². The molecule has 1 aromatic heterocycles. The lowest BCUT2D eigenvalue weighted by atomic mass is 10.0. The number of piperazine rings is 1. The van der Waals surface area contributed by atoms with Crippen molar-refractivity contribution in [2.75, 3.05) is 31.1 Å². The molecule has 5 rings (SSSR count). The van der Waals surface area contributed by atoms with Crippen molar-refractivity contribution < 1.29 is 14.4 Å². The fourth-order valence-electron chi connectivity index (χ4n) is 5.31. The highest BCUT2D eigenvalue weighted by molar-refractivity contribution is 6.05. The van der Waals surface area contributed by atoms with Gasteiger partial charge in [-0.05, 0) is 30.5 Å². The fraction of sp³-hybridized carbons (Fsp3) is 0.500. The molecule has 10 nitrogen and oxygen atoms in total. The number of anilines is 1. The van der Waals surface area contributed by atoms with Crippen LogP contribution in [0, 0.1) is 6.92 Å². The summed E-state index contributed by atoms with van der Waals surface area (Å²) in [6, 6.07) is 5.14. The molecule has 0 aliphatic carbocycles. The smallest absolute Gasteiger partial charge is 0.255 e. The molecular formula is C24H31N7O3. The summed E-state index contributed by atoms with van der Waals surface area (Å²) < 4.78 is 1.97. The molecule has 0 bridgehead atoms. The van der Waals surface area contributed by atoms with Crippen LogP contribution in [-0.2, 0) is 36.3 Å². The van der Waals surface area contributed by atoms with Crippen LogP contribution in [0.5, 0.6) is 0 Å². The number of hydrogen-bond donors (Lipinski definition) is 3. The van der Waals surface area contributed by atoms with Gasteiger partial charge in [0.05, 0.1) is 5.69 Å². The van der Waals surface area contributed by atoms with Crippen molar-refractivity contribution in [3.63, 3.8) is 0 Å². The van der Waals surface area contributed by atoms with E-state index in [1.54, 1.807) is 4.90 Å². The van der Waals surface area contributed by atoms with Crippen LogP contribution in [0.1, 0.15) is 45.6 Å². The van der Waals surface area contributed by atoms with Gasteiger partial charge in [-0.3, -0.25) is 24.4 Å². The number of amides is 3. The van der Waals surface area contributed by atoms with E-state index in [4.69, 9.17) is 0 Å². The molecule has 0 spiro atoms. The normalized spacial score (nSPS) is 20.6. The Balaban J connectivity index is 1.29. The molecule has 3 amide bonds. The first kappa shape index (κ1) is 22.5. The third kappa shape index (κ3) is 4.07. The Morgan fingerprint density at radius 2 is 1.94 bits per heavy atom. The molecule has 34 heavy (non-hydrogen) atoms. The highest BCUT2D eigenvalue weighted by Crippen LogP contribution is 2.30. The van der Waals surface area contributed by atoms with Crippen molar-refractivity contribution in [2.45, 2.75) is 45.4 Å². The lowest BCUT2D eigenvalue weighted by Gasteiger charge is -2.30. The second kappa shape index (κ2) is 9.19. The second-order valence-electron chi connectivity index (χ2n) is 9.19. The molecule has 4 heterocycles. The number of aromatic nitrogens is 2. The first-order chi connectivity index (χ1) is 16.4. The summed E-state index contributed by atoms with van der Waals surface area (Å²) in [6.45, 7) is 7.54. The number of hydrogen-bond acceptors (Lipinski definition) is 7. The van der Waals surface area contributed by atoms with E-state index in [0.29, 0.717) is 31.6 Å². The monoisotopic (exact) mass is 465 g/mol. The standard InChI is InChI=1S/C24H31N7O3/c1-15-18(23(29(2)28-15)30-10-8-25-9-11-30)13-26-12-16-4-3-5-17-19(16)14-31(24(17)34)20-6-7-21(32)27-22(20)33/h3-5,20,25-26H,6-14H2,1-2H3,(H,27,32,33). The summed E-state index contributed by atoms with van der Waals surface area (Å²) in [4.78, 5) is 40.9. The number of nitrogens with one attached hydrogen (secondary N) is 3. The zero-order valence-corrected chi connectivity index (χ0v) is 19.7. The van der Waals surface area contributed by atoms with Gasteiger partial charge in [0.2, 0.25) is 11.8 Å². The van der Waals surface area contributed by atoms with Crippen LogP contribution in [0.4, 0.5) is 5.82 Å². The van der Waals surface area contributed by atoms with E-state index in [0.717, 1.165) is 48.8 Å². The van der Waals surface area contributed by atoms with Crippen LogP contribution >= 0.6 is 0 Å². The Bertz CT molecular complexity index is 1140. The molecule has 2 saturated heterocycles. The van der Waals surface area contributed by atoms with Crippen LogP contribution in [0.25, 0.3) is 0 Å². The van der Waals surface area contributed by atoms with Crippen LogP contribution in [0.2, 0.25) is 0 Å². The first-order valence-electron chi connectivity index (χ1n) is 11.9. The van der Waals surface area contributed by atoms with Gasteiger partial charge in [-0.15, -0.1) is 0 Å². The number of piperidine rings is 1. The number of fused-ring (bicyclic) bond motifs is 1. The molecule has 180 valence electrons. The molecule has 1 unspecified atom stereocenters. The van der Waals surface area contributed by atoms with E-state index in [9.17, 15) is 14.4 Å². The highest BCUT2D eigenvalue weighted by Gasteiger charge is 2.39. The maximum absolute atomic E-state index is 13.1. The lowest BCUT2D eigenvalue weighted by molar-refractivity contribution is -0.136. The maximum Gasteiger partial charge on any atom is 0.255 e. The van der Waals surface area contributed by atoms with Crippen LogP contribution in [0.15, 0.2) is 18.2 Å². The molecule has 0 saturated carbocycles. The first-order valence-corrected chi connectivity index (χ1v) is 11.9. The minimum atomic E-state index is -0.599. The number of imide groups is 1. The third-order valence-corrected chi connectivity index (χ3v) is 7.03. The Kier molecular flexibility index (Phi) is 6.09. The van der Waals surface area contributed by atoms with E-state index in [1.807, 2.05) is 36.9 Å². The van der Waals surface area contributed by atoms with E-state index >= 15 is 0 Å². The van der Waals surface area contributed by atoms with Gasteiger partial charge in [0.15, 0.2) is 0 Å². The van der Waals surface area contributed by atoms with Crippen molar-refractivity contribution in [3.8, 4) is 0 Å². The van der Waals surface area contributed by atoms with E-state index < -0.39 is 6.04 Å². The number of carbonyl (C=O) groups excluding carboxylic acids is 3. The summed E-state index contributed by atoms with van der Waals surface area (Å²) in [5.74, 6) is 0.352. The van der Waals surface area contributed by atoms with E-state index in [2.05, 4.69) is 25.9 Å². The summed E-state index contributed by atoms with van der Waals surface area (Å²) in [6.07, 6.45) is 0.623. The average molecular weight is 466 g/mol. The summed E-state index contributed by atoms with van der Waals surface area (Å²) in [5, 5.41) is 14.0. The largest absolute Gasteiger partial charge is 0.354 e. The third-order valence-electron chi connectivity index (χ3n) is 7.03. The van der Waals surface area contributed by atoms with Gasteiger partial charge < -0.3 is 20.4 Å². The minimum absolute atomic E-state index is 0.143. The van der Waals surface area contributed by atoms with Gasteiger partial charge in [0, 0.05) is 70.4 Å². The topological polar surface area (TPSA) is 112 Å². The summed E-state index contributed by atoms with van der Waals surface area (Å²) in [5.41, 5.74) is 4.85. The van der Waals surface area contributed by atoms with Crippen LogP contribution in [-0.4, -0.2) is 64.6 Å². The molecule has 3 N–H and O–H groups in total. The SMILES string of the molecule is Cc1nn(C)c(N2CCNCC2)c1CNCc1cccc2c1CN(C1CCC(=O)NC1=O)C2=O. The summed E-state index contributed by atoms with van der Waals surface area (Å²) >= 11 is 0. The predicted octanol–water partition coefficient (Wildman–Crippen LogP) is 0.189. The molecule has 10 heteroatoms. The van der Waals surface area contributed by atoms with E-state index in [-0.39, 0.29) is 24.1 Å². The van der Waals surface area contributed by atoms with Gasteiger partial charge in [0.1, 0.15) is 11.9 Å². The Hall–Kier alpha value is -3.24. The summed E-state index contributed by atoms with van der Waals surface area (Å²) in [7, 11) is 1.99. The van der Waals surface area contributed by atoms with Crippen LogP contribution < -0.4 is 20.9 Å². The van der Waals surface area contributed by atoms with Gasteiger partial charge >= 0.3 is 0 Å². The quantitative estimate of drug-likeness (QED) is 0.522. The number of rotatable bonds is 6. The molecule has 3 aliphatic heterocycles. The average Bonchev–Trinajstić information content (AvgIpc) is 3.30. The van der Waals surface area contributed by atoms with Crippen molar-refractivity contribution in [1.29, 1.82) is 0 Å². The number of nitrogens with zero attached hydrogens (tertiary/aromatic N) is 4.